The van der Waals surface area contributed by atoms with E-state index in [1.165, 1.54) is 0 Å². The Morgan fingerprint density at radius 1 is 1.42 bits per heavy atom. The molecule has 0 aromatic carbocycles. The van der Waals surface area contributed by atoms with Gasteiger partial charge in [-0.3, -0.25) is 9.78 Å². The fraction of sp³-hybridized carbons (Fsp3) is 0.389. The van der Waals surface area contributed by atoms with Crippen molar-refractivity contribution in [2.24, 2.45) is 0 Å². The fourth-order valence-corrected chi connectivity index (χ4v) is 2.81. The lowest BCUT2D eigenvalue weighted by Crippen LogP contribution is -2.37. The lowest BCUT2D eigenvalue weighted by molar-refractivity contribution is 0.0817. The summed E-state index contributed by atoms with van der Waals surface area (Å²) in [6.45, 7) is 4.80. The second-order valence-corrected chi connectivity index (χ2v) is 5.68. The summed E-state index contributed by atoms with van der Waals surface area (Å²) in [6.07, 6.45) is 4.07. The van der Waals surface area contributed by atoms with E-state index in [1.807, 2.05) is 26.0 Å². The van der Waals surface area contributed by atoms with E-state index in [-0.39, 0.29) is 18.1 Å². The molecule has 0 unspecified atom stereocenters. The zero-order chi connectivity index (χ0) is 16.9. The fourth-order valence-electron chi connectivity index (χ4n) is 2.81. The van der Waals surface area contributed by atoms with Gasteiger partial charge in [0.2, 0.25) is 5.88 Å². The number of pyridine rings is 2. The average Bonchev–Trinajstić information content (AvgIpc) is 3.04. The molecule has 0 radical (unpaired) electrons. The molecule has 1 aliphatic rings. The highest BCUT2D eigenvalue weighted by molar-refractivity contribution is 5.96. The Balaban J connectivity index is 1.77. The molecule has 6 heteroatoms. The largest absolute Gasteiger partial charge is 0.477 e. The van der Waals surface area contributed by atoms with Crippen LogP contribution in [-0.2, 0) is 4.74 Å². The van der Waals surface area contributed by atoms with Gasteiger partial charge in [-0.25, -0.2) is 4.98 Å². The zero-order valence-corrected chi connectivity index (χ0v) is 13.9. The molecule has 6 nitrogen and oxygen atoms in total. The first-order valence-electron chi connectivity index (χ1n) is 8.12. The van der Waals surface area contributed by atoms with Crippen molar-refractivity contribution in [1.29, 1.82) is 0 Å². The molecule has 0 saturated carbocycles. The number of nitrogens with one attached hydrogen (secondary N) is 1. The van der Waals surface area contributed by atoms with Crippen LogP contribution in [0.3, 0.4) is 0 Å². The summed E-state index contributed by atoms with van der Waals surface area (Å²) >= 11 is 0. The van der Waals surface area contributed by atoms with Crippen LogP contribution >= 0.6 is 0 Å². The minimum absolute atomic E-state index is 0.0996. The highest BCUT2D eigenvalue weighted by Gasteiger charge is 2.32. The summed E-state index contributed by atoms with van der Waals surface area (Å²) in [6, 6.07) is 7.28. The molecule has 1 N–H and O–H groups in total. The van der Waals surface area contributed by atoms with Crippen molar-refractivity contribution in [2.75, 3.05) is 13.2 Å². The van der Waals surface area contributed by atoms with Gasteiger partial charge in [0.25, 0.3) is 5.91 Å². The summed E-state index contributed by atoms with van der Waals surface area (Å²) < 4.78 is 11.3. The van der Waals surface area contributed by atoms with Gasteiger partial charge in [0, 0.05) is 30.3 Å². The Hall–Kier alpha value is -2.47. The van der Waals surface area contributed by atoms with Crippen molar-refractivity contribution >= 4 is 5.91 Å². The number of hydrogen-bond donors (Lipinski definition) is 1. The summed E-state index contributed by atoms with van der Waals surface area (Å²) in [5.41, 5.74) is 2.22. The maximum atomic E-state index is 12.7. The van der Waals surface area contributed by atoms with Gasteiger partial charge in [-0.05, 0) is 38.5 Å². The topological polar surface area (TPSA) is 73.3 Å². The number of amides is 1. The Morgan fingerprint density at radius 3 is 3.04 bits per heavy atom. The summed E-state index contributed by atoms with van der Waals surface area (Å²) in [5, 5.41) is 3.05. The van der Waals surface area contributed by atoms with Gasteiger partial charge in [0.15, 0.2) is 0 Å². The minimum atomic E-state index is -0.199. The van der Waals surface area contributed by atoms with Crippen molar-refractivity contribution in [2.45, 2.75) is 32.4 Å². The van der Waals surface area contributed by atoms with Crippen LogP contribution < -0.4 is 10.1 Å². The van der Waals surface area contributed by atoms with Crippen molar-refractivity contribution in [3.05, 3.63) is 53.5 Å². The maximum Gasteiger partial charge on any atom is 0.257 e. The van der Waals surface area contributed by atoms with Crippen LogP contribution in [0.4, 0.5) is 0 Å². The molecule has 3 heterocycles. The van der Waals surface area contributed by atoms with Crippen LogP contribution in [0.15, 0.2) is 36.7 Å². The van der Waals surface area contributed by atoms with Crippen molar-refractivity contribution in [3.8, 4) is 5.88 Å². The van der Waals surface area contributed by atoms with Gasteiger partial charge in [-0.15, -0.1) is 0 Å². The molecule has 24 heavy (non-hydrogen) atoms. The third kappa shape index (κ3) is 3.54. The normalized spacial score (nSPS) is 19.9. The van der Waals surface area contributed by atoms with E-state index in [2.05, 4.69) is 15.3 Å². The van der Waals surface area contributed by atoms with Crippen LogP contribution in [0.1, 0.15) is 41.1 Å². The molecule has 2 aromatic rings. The second kappa shape index (κ2) is 7.40. The van der Waals surface area contributed by atoms with Gasteiger partial charge in [0.05, 0.1) is 12.6 Å². The van der Waals surface area contributed by atoms with E-state index >= 15 is 0 Å². The Bertz CT molecular complexity index is 706. The number of aromatic nitrogens is 2. The molecule has 3 rings (SSSR count). The molecule has 1 saturated heterocycles. The molecular weight excluding hydrogens is 306 g/mol. The highest BCUT2D eigenvalue weighted by Crippen LogP contribution is 2.29. The maximum absolute atomic E-state index is 12.7. The lowest BCUT2D eigenvalue weighted by atomic mass is 10.0. The van der Waals surface area contributed by atoms with E-state index in [9.17, 15) is 4.79 Å². The monoisotopic (exact) mass is 327 g/mol. The van der Waals surface area contributed by atoms with Crippen LogP contribution in [0, 0.1) is 6.92 Å². The SMILES string of the molecule is CCOc1nc(C)ccc1C(=O)N[C@H]1CCO[C@@H]1c1cccnc1. The predicted molar refractivity (Wildman–Crippen MR) is 88.9 cm³/mol. The van der Waals surface area contributed by atoms with Gasteiger partial charge in [0.1, 0.15) is 11.7 Å². The number of ether oxygens (including phenoxy) is 2. The molecule has 2 aromatic heterocycles. The third-order valence-corrected chi connectivity index (χ3v) is 3.95. The zero-order valence-electron chi connectivity index (χ0n) is 13.9. The van der Waals surface area contributed by atoms with E-state index < -0.39 is 0 Å². The van der Waals surface area contributed by atoms with Crippen LogP contribution in [0.2, 0.25) is 0 Å². The van der Waals surface area contributed by atoms with Crippen molar-refractivity contribution in [3.63, 3.8) is 0 Å². The molecule has 1 aliphatic heterocycles. The number of carbonyl (C=O) groups excluding carboxylic acids is 1. The molecule has 0 bridgehead atoms. The minimum Gasteiger partial charge on any atom is -0.477 e. The summed E-state index contributed by atoms with van der Waals surface area (Å²) in [7, 11) is 0. The molecule has 2 atom stereocenters. The summed E-state index contributed by atoms with van der Waals surface area (Å²) in [5.74, 6) is 0.169. The molecule has 0 spiro atoms. The molecular formula is C18H21N3O3. The lowest BCUT2D eigenvalue weighted by Gasteiger charge is -2.20. The van der Waals surface area contributed by atoms with Gasteiger partial charge in [-0.1, -0.05) is 6.07 Å². The van der Waals surface area contributed by atoms with E-state index in [4.69, 9.17) is 9.47 Å². The average molecular weight is 327 g/mol. The van der Waals surface area contributed by atoms with Crippen LogP contribution in [0.25, 0.3) is 0 Å². The van der Waals surface area contributed by atoms with Crippen LogP contribution in [0.5, 0.6) is 5.88 Å². The van der Waals surface area contributed by atoms with Crippen LogP contribution in [-0.4, -0.2) is 35.1 Å². The number of hydrogen-bond acceptors (Lipinski definition) is 5. The standard InChI is InChI=1S/C18H21N3O3/c1-3-23-18-14(7-6-12(2)20-18)17(22)21-15-8-10-24-16(15)13-5-4-9-19-11-13/h4-7,9,11,15-16H,3,8,10H2,1-2H3,(H,21,22)/t15-,16+/m0/s1. The highest BCUT2D eigenvalue weighted by atomic mass is 16.5. The number of nitrogens with zero attached hydrogens (tertiary/aromatic N) is 2. The smallest absolute Gasteiger partial charge is 0.257 e. The van der Waals surface area contributed by atoms with Gasteiger partial charge < -0.3 is 14.8 Å². The van der Waals surface area contributed by atoms with Crippen molar-refractivity contribution < 1.29 is 14.3 Å². The first-order valence-corrected chi connectivity index (χ1v) is 8.12. The van der Waals surface area contributed by atoms with E-state index in [0.29, 0.717) is 24.7 Å². The number of rotatable bonds is 5. The van der Waals surface area contributed by atoms with Gasteiger partial charge in [-0.2, -0.15) is 0 Å². The van der Waals surface area contributed by atoms with Crippen molar-refractivity contribution in [1.82, 2.24) is 15.3 Å². The molecule has 1 fully saturated rings. The Labute approximate surface area is 141 Å². The van der Waals surface area contributed by atoms with E-state index in [0.717, 1.165) is 17.7 Å². The third-order valence-electron chi connectivity index (χ3n) is 3.95. The quantitative estimate of drug-likeness (QED) is 0.913. The Morgan fingerprint density at radius 2 is 2.29 bits per heavy atom. The number of aryl methyl sites for hydroxylation is 1. The molecule has 126 valence electrons. The van der Waals surface area contributed by atoms with E-state index in [1.54, 1.807) is 24.5 Å². The first-order chi connectivity index (χ1) is 11.7. The molecule has 0 aliphatic carbocycles. The summed E-state index contributed by atoms with van der Waals surface area (Å²) in [4.78, 5) is 21.1. The Kier molecular flexibility index (Phi) is 5.05. The predicted octanol–water partition coefficient (Wildman–Crippen LogP) is 2.44. The number of carbonyl (C=O) groups is 1. The first kappa shape index (κ1) is 16.4. The van der Waals surface area contributed by atoms with Gasteiger partial charge >= 0.3 is 0 Å². The second-order valence-electron chi connectivity index (χ2n) is 5.68. The molecule has 1 amide bonds.